The van der Waals surface area contributed by atoms with Gasteiger partial charge in [0, 0.05) is 5.69 Å². The molecule has 1 aromatic carbocycles. The Kier molecular flexibility index (Phi) is 3.62. The van der Waals surface area contributed by atoms with E-state index in [0.717, 1.165) is 29.7 Å². The smallest absolute Gasteiger partial charge is 0.228 e. The Bertz CT molecular complexity index is 656. The molecular formula is C14H16BrNO3S. The number of benzene rings is 1. The molecule has 0 bridgehead atoms. The highest BCUT2D eigenvalue weighted by atomic mass is 79.9. The Morgan fingerprint density at radius 2 is 2.10 bits per heavy atom. The molecular weight excluding hydrogens is 342 g/mol. The van der Waals surface area contributed by atoms with Gasteiger partial charge in [0.15, 0.2) is 9.84 Å². The molecule has 0 aromatic heterocycles. The molecule has 20 heavy (non-hydrogen) atoms. The maximum atomic E-state index is 12.2. The van der Waals surface area contributed by atoms with Crippen molar-refractivity contribution in [2.45, 2.75) is 35.8 Å². The van der Waals surface area contributed by atoms with Gasteiger partial charge in [-0.2, -0.15) is 0 Å². The first-order valence-electron chi connectivity index (χ1n) is 6.76. The van der Waals surface area contributed by atoms with Crippen LogP contribution in [-0.2, 0) is 21.1 Å². The van der Waals surface area contributed by atoms with Crippen LogP contribution in [0.15, 0.2) is 18.2 Å². The molecule has 2 unspecified atom stereocenters. The first kappa shape index (κ1) is 14.1. The summed E-state index contributed by atoms with van der Waals surface area (Å²) in [6.45, 7) is 0. The van der Waals surface area contributed by atoms with Gasteiger partial charge in [-0.1, -0.05) is 34.5 Å². The van der Waals surface area contributed by atoms with Crippen molar-refractivity contribution in [2.24, 2.45) is 0 Å². The van der Waals surface area contributed by atoms with Crippen molar-refractivity contribution < 1.29 is 13.2 Å². The number of nitrogens with one attached hydrogen (secondary N) is 1. The lowest BCUT2D eigenvalue weighted by Crippen LogP contribution is -2.31. The van der Waals surface area contributed by atoms with Gasteiger partial charge in [0.1, 0.15) is 0 Å². The van der Waals surface area contributed by atoms with E-state index in [9.17, 15) is 13.2 Å². The van der Waals surface area contributed by atoms with Crippen LogP contribution >= 0.6 is 15.9 Å². The molecule has 1 aromatic rings. The average Bonchev–Trinajstić information content (AvgIpc) is 2.76. The number of carbonyl (C=O) groups is 1. The number of alkyl halides is 1. The molecule has 0 spiro atoms. The molecule has 0 saturated carbocycles. The normalized spacial score (nSPS) is 25.9. The predicted octanol–water partition coefficient (Wildman–Crippen LogP) is 2.58. The SMILES string of the molecule is O=C1Cc2cc(C(Br)C3CCCCS3(=O)=O)ccc2N1. The second-order valence-corrected chi connectivity index (χ2v) is 8.77. The van der Waals surface area contributed by atoms with E-state index in [1.54, 1.807) is 0 Å². The van der Waals surface area contributed by atoms with Crippen LogP contribution in [0.3, 0.4) is 0 Å². The Morgan fingerprint density at radius 3 is 2.85 bits per heavy atom. The molecule has 2 atom stereocenters. The molecule has 2 aliphatic rings. The summed E-state index contributed by atoms with van der Waals surface area (Å²) in [6.07, 6.45) is 2.80. The van der Waals surface area contributed by atoms with E-state index in [-0.39, 0.29) is 21.7 Å². The highest BCUT2D eigenvalue weighted by molar-refractivity contribution is 9.09. The summed E-state index contributed by atoms with van der Waals surface area (Å²) < 4.78 is 24.4. The van der Waals surface area contributed by atoms with E-state index in [0.29, 0.717) is 12.8 Å². The van der Waals surface area contributed by atoms with Crippen LogP contribution in [0.1, 0.15) is 35.2 Å². The van der Waals surface area contributed by atoms with Gasteiger partial charge in [-0.05, 0) is 30.0 Å². The molecule has 2 heterocycles. The van der Waals surface area contributed by atoms with Gasteiger partial charge in [0.25, 0.3) is 0 Å². The fourth-order valence-electron chi connectivity index (χ4n) is 2.94. The van der Waals surface area contributed by atoms with E-state index < -0.39 is 9.84 Å². The largest absolute Gasteiger partial charge is 0.326 e. The molecule has 1 N–H and O–H groups in total. The summed E-state index contributed by atoms with van der Waals surface area (Å²) in [7, 11) is -3.03. The molecule has 2 aliphatic heterocycles. The van der Waals surface area contributed by atoms with E-state index in [4.69, 9.17) is 0 Å². The average molecular weight is 358 g/mol. The van der Waals surface area contributed by atoms with Crippen LogP contribution < -0.4 is 5.32 Å². The van der Waals surface area contributed by atoms with E-state index in [1.807, 2.05) is 18.2 Å². The van der Waals surface area contributed by atoms with Gasteiger partial charge in [-0.3, -0.25) is 4.79 Å². The predicted molar refractivity (Wildman–Crippen MR) is 81.9 cm³/mol. The van der Waals surface area contributed by atoms with Crippen LogP contribution in [0.25, 0.3) is 0 Å². The zero-order valence-electron chi connectivity index (χ0n) is 10.9. The minimum atomic E-state index is -3.03. The summed E-state index contributed by atoms with van der Waals surface area (Å²) >= 11 is 3.56. The van der Waals surface area contributed by atoms with Gasteiger partial charge in [-0.15, -0.1) is 0 Å². The van der Waals surface area contributed by atoms with Crippen molar-refractivity contribution in [3.63, 3.8) is 0 Å². The highest BCUT2D eigenvalue weighted by Gasteiger charge is 2.35. The van der Waals surface area contributed by atoms with Crippen molar-refractivity contribution in [2.75, 3.05) is 11.1 Å². The summed E-state index contributed by atoms with van der Waals surface area (Å²) in [5.74, 6) is 0.277. The van der Waals surface area contributed by atoms with Crippen molar-refractivity contribution in [3.8, 4) is 0 Å². The molecule has 6 heteroatoms. The third-order valence-electron chi connectivity index (χ3n) is 4.03. The first-order chi connectivity index (χ1) is 9.47. The second-order valence-electron chi connectivity index (χ2n) is 5.44. The second kappa shape index (κ2) is 5.15. The van der Waals surface area contributed by atoms with Crippen LogP contribution in [0, 0.1) is 0 Å². The number of hydrogen-bond donors (Lipinski definition) is 1. The van der Waals surface area contributed by atoms with Crippen LogP contribution in [0.5, 0.6) is 0 Å². The third kappa shape index (κ3) is 2.51. The fourth-order valence-corrected chi connectivity index (χ4v) is 6.44. The minimum Gasteiger partial charge on any atom is -0.326 e. The molecule has 108 valence electrons. The Labute approximate surface area is 127 Å². The van der Waals surface area contributed by atoms with E-state index in [2.05, 4.69) is 21.2 Å². The number of sulfone groups is 1. The number of fused-ring (bicyclic) bond motifs is 1. The number of anilines is 1. The summed E-state index contributed by atoms with van der Waals surface area (Å²) in [6, 6.07) is 5.70. The molecule has 4 nitrogen and oxygen atoms in total. The standard InChI is InChI=1S/C14H16BrNO3S/c15-14(12-3-1-2-6-20(12,18)19)9-4-5-11-10(7-9)8-13(17)16-11/h4-5,7,12,14H,1-3,6,8H2,(H,16,17). The maximum Gasteiger partial charge on any atom is 0.228 e. The topological polar surface area (TPSA) is 63.2 Å². The lowest BCUT2D eigenvalue weighted by molar-refractivity contribution is -0.115. The molecule has 0 aliphatic carbocycles. The van der Waals surface area contributed by atoms with Gasteiger partial charge in [0.2, 0.25) is 5.91 Å². The Morgan fingerprint density at radius 1 is 1.30 bits per heavy atom. The quantitative estimate of drug-likeness (QED) is 0.827. The van der Waals surface area contributed by atoms with Crippen LogP contribution in [-0.4, -0.2) is 25.3 Å². The zero-order chi connectivity index (χ0) is 14.3. The Hall–Kier alpha value is -0.880. The van der Waals surface area contributed by atoms with Gasteiger partial charge in [0.05, 0.1) is 22.3 Å². The van der Waals surface area contributed by atoms with Crippen molar-refractivity contribution >= 4 is 37.4 Å². The van der Waals surface area contributed by atoms with Crippen molar-refractivity contribution in [1.29, 1.82) is 0 Å². The Balaban J connectivity index is 1.89. The zero-order valence-corrected chi connectivity index (χ0v) is 13.3. The monoisotopic (exact) mass is 357 g/mol. The lowest BCUT2D eigenvalue weighted by Gasteiger charge is -2.27. The number of amides is 1. The van der Waals surface area contributed by atoms with E-state index >= 15 is 0 Å². The van der Waals surface area contributed by atoms with Gasteiger partial charge >= 0.3 is 0 Å². The lowest BCUT2D eigenvalue weighted by atomic mass is 10.0. The summed E-state index contributed by atoms with van der Waals surface area (Å²) in [5, 5.41) is 2.43. The van der Waals surface area contributed by atoms with Gasteiger partial charge < -0.3 is 5.32 Å². The van der Waals surface area contributed by atoms with Crippen molar-refractivity contribution in [3.05, 3.63) is 29.3 Å². The molecule has 1 fully saturated rings. The maximum absolute atomic E-state index is 12.2. The number of carbonyl (C=O) groups excluding carboxylic acids is 1. The summed E-state index contributed by atoms with van der Waals surface area (Å²) in [5.41, 5.74) is 2.73. The first-order valence-corrected chi connectivity index (χ1v) is 9.39. The minimum absolute atomic E-state index is 0.00596. The molecule has 3 rings (SSSR count). The number of hydrogen-bond acceptors (Lipinski definition) is 3. The van der Waals surface area contributed by atoms with Crippen LogP contribution in [0.2, 0.25) is 0 Å². The molecule has 1 amide bonds. The van der Waals surface area contributed by atoms with Gasteiger partial charge in [-0.25, -0.2) is 8.42 Å². The molecule has 1 saturated heterocycles. The summed E-state index contributed by atoms with van der Waals surface area (Å²) in [4.78, 5) is 11.2. The van der Waals surface area contributed by atoms with Crippen LogP contribution in [0.4, 0.5) is 5.69 Å². The highest BCUT2D eigenvalue weighted by Crippen LogP contribution is 2.38. The number of rotatable bonds is 2. The molecule has 0 radical (unpaired) electrons. The van der Waals surface area contributed by atoms with Crippen molar-refractivity contribution in [1.82, 2.24) is 0 Å². The number of halogens is 1. The fraction of sp³-hybridized carbons (Fsp3) is 0.500. The third-order valence-corrected chi connectivity index (χ3v) is 7.83. The van der Waals surface area contributed by atoms with E-state index in [1.165, 1.54) is 0 Å².